The van der Waals surface area contributed by atoms with Gasteiger partial charge in [0.1, 0.15) is 0 Å². The van der Waals surface area contributed by atoms with E-state index in [1.54, 1.807) is 0 Å². The lowest BCUT2D eigenvalue weighted by Gasteiger charge is -2.37. The number of esters is 1. The van der Waals surface area contributed by atoms with Crippen molar-refractivity contribution >= 4 is 14.3 Å². The molecule has 1 aliphatic rings. The largest absolute Gasteiger partial charge is 0.469 e. The second kappa shape index (κ2) is 6.22. The Labute approximate surface area is 129 Å². The highest BCUT2D eigenvalue weighted by atomic mass is 28.4. The summed E-state index contributed by atoms with van der Waals surface area (Å²) in [4.78, 5) is 11.6. The maximum absolute atomic E-state index is 11.6. The van der Waals surface area contributed by atoms with E-state index in [-0.39, 0.29) is 22.8 Å². The van der Waals surface area contributed by atoms with Gasteiger partial charge in [0.15, 0.2) is 8.32 Å². The van der Waals surface area contributed by atoms with Crippen molar-refractivity contribution in [1.29, 1.82) is 0 Å². The number of rotatable bonds is 5. The van der Waals surface area contributed by atoms with Crippen LogP contribution in [0.25, 0.3) is 0 Å². The SMILES string of the molecule is COC(=O)C[C@]1(C)C[C@H](O)C=C1CO[Si](C)(C)C(C)(C)C. The van der Waals surface area contributed by atoms with E-state index in [1.165, 1.54) is 7.11 Å². The summed E-state index contributed by atoms with van der Waals surface area (Å²) in [5.41, 5.74) is 0.653. The molecule has 5 heteroatoms. The zero-order valence-corrected chi connectivity index (χ0v) is 15.4. The molecule has 0 aromatic carbocycles. The highest BCUT2D eigenvalue weighted by Gasteiger charge is 2.42. The summed E-state index contributed by atoms with van der Waals surface area (Å²) in [7, 11) is -0.448. The molecule has 4 nitrogen and oxygen atoms in total. The summed E-state index contributed by atoms with van der Waals surface area (Å²) in [6.07, 6.45) is 2.18. The topological polar surface area (TPSA) is 55.8 Å². The van der Waals surface area contributed by atoms with Crippen LogP contribution in [0.3, 0.4) is 0 Å². The Morgan fingerprint density at radius 3 is 2.52 bits per heavy atom. The van der Waals surface area contributed by atoms with Crippen molar-refractivity contribution in [3.05, 3.63) is 11.6 Å². The zero-order valence-electron chi connectivity index (χ0n) is 14.4. The monoisotopic (exact) mass is 314 g/mol. The molecule has 0 saturated heterocycles. The van der Waals surface area contributed by atoms with Crippen LogP contribution in [0.2, 0.25) is 18.1 Å². The first-order valence-corrected chi connectivity index (χ1v) is 10.4. The Bertz CT molecular complexity index is 422. The van der Waals surface area contributed by atoms with Crippen molar-refractivity contribution < 1.29 is 19.1 Å². The number of methoxy groups -OCH3 is 1. The quantitative estimate of drug-likeness (QED) is 0.481. The Morgan fingerprint density at radius 2 is 2.05 bits per heavy atom. The minimum Gasteiger partial charge on any atom is -0.469 e. The van der Waals surface area contributed by atoms with Crippen LogP contribution in [0, 0.1) is 5.41 Å². The molecule has 0 aliphatic heterocycles. The molecule has 0 saturated carbocycles. The van der Waals surface area contributed by atoms with Crippen LogP contribution in [0.1, 0.15) is 40.5 Å². The van der Waals surface area contributed by atoms with Crippen LogP contribution in [0.15, 0.2) is 11.6 Å². The van der Waals surface area contributed by atoms with Gasteiger partial charge in [-0.1, -0.05) is 33.8 Å². The minimum atomic E-state index is -1.84. The molecule has 0 unspecified atom stereocenters. The first-order chi connectivity index (χ1) is 9.41. The second-order valence-corrected chi connectivity index (χ2v) is 12.6. The van der Waals surface area contributed by atoms with E-state index in [0.717, 1.165) is 5.57 Å². The van der Waals surface area contributed by atoms with Gasteiger partial charge < -0.3 is 14.3 Å². The molecule has 0 radical (unpaired) electrons. The molecule has 0 fully saturated rings. The maximum atomic E-state index is 11.6. The molecule has 0 aromatic heterocycles. The molecule has 1 N–H and O–H groups in total. The molecule has 0 amide bonds. The van der Waals surface area contributed by atoms with Gasteiger partial charge >= 0.3 is 5.97 Å². The number of carbonyl (C=O) groups excluding carboxylic acids is 1. The average Bonchev–Trinajstić information content (AvgIpc) is 2.59. The van der Waals surface area contributed by atoms with Crippen LogP contribution in [-0.2, 0) is 14.0 Å². The van der Waals surface area contributed by atoms with Gasteiger partial charge in [0, 0.05) is 5.41 Å². The highest BCUT2D eigenvalue weighted by Crippen LogP contribution is 2.44. The van der Waals surface area contributed by atoms with Crippen molar-refractivity contribution in [1.82, 2.24) is 0 Å². The molecule has 1 aliphatic carbocycles. The molecule has 0 heterocycles. The van der Waals surface area contributed by atoms with E-state index in [0.29, 0.717) is 13.0 Å². The van der Waals surface area contributed by atoms with E-state index >= 15 is 0 Å². The smallest absolute Gasteiger partial charge is 0.306 e. The lowest BCUT2D eigenvalue weighted by molar-refractivity contribution is -0.142. The molecule has 0 spiro atoms. The van der Waals surface area contributed by atoms with Gasteiger partial charge in [0.05, 0.1) is 26.2 Å². The van der Waals surface area contributed by atoms with Crippen LogP contribution in [0.4, 0.5) is 0 Å². The third kappa shape index (κ3) is 4.41. The third-order valence-electron chi connectivity index (χ3n) is 4.99. The summed E-state index contributed by atoms with van der Waals surface area (Å²) in [5.74, 6) is -0.246. The van der Waals surface area contributed by atoms with E-state index < -0.39 is 14.4 Å². The van der Waals surface area contributed by atoms with Crippen molar-refractivity contribution in [2.45, 2.75) is 64.8 Å². The Balaban J connectivity index is 2.80. The molecule has 2 atom stereocenters. The lowest BCUT2D eigenvalue weighted by atomic mass is 9.80. The molecule has 0 aromatic rings. The van der Waals surface area contributed by atoms with E-state index in [1.807, 2.05) is 13.0 Å². The summed E-state index contributed by atoms with van der Waals surface area (Å²) in [6.45, 7) is 13.5. The predicted octanol–water partition coefficient (Wildman–Crippen LogP) is 3.27. The van der Waals surface area contributed by atoms with Crippen molar-refractivity contribution in [3.63, 3.8) is 0 Å². The predicted molar refractivity (Wildman–Crippen MR) is 86.6 cm³/mol. The van der Waals surface area contributed by atoms with Crippen molar-refractivity contribution in [3.8, 4) is 0 Å². The van der Waals surface area contributed by atoms with E-state index in [9.17, 15) is 9.90 Å². The fourth-order valence-electron chi connectivity index (χ4n) is 2.36. The number of hydrogen-bond acceptors (Lipinski definition) is 4. The van der Waals surface area contributed by atoms with Crippen LogP contribution in [-0.4, -0.2) is 39.2 Å². The molecular formula is C16H30O4Si. The van der Waals surface area contributed by atoms with Gasteiger partial charge in [-0.05, 0) is 30.1 Å². The van der Waals surface area contributed by atoms with Crippen LogP contribution >= 0.6 is 0 Å². The number of aliphatic hydroxyl groups is 1. The van der Waals surface area contributed by atoms with Gasteiger partial charge in [-0.15, -0.1) is 0 Å². The Kier molecular flexibility index (Phi) is 5.45. The van der Waals surface area contributed by atoms with Gasteiger partial charge in [-0.2, -0.15) is 0 Å². The summed E-state index contributed by atoms with van der Waals surface area (Å²) in [5, 5.41) is 10.1. The van der Waals surface area contributed by atoms with E-state index in [2.05, 4.69) is 33.9 Å². The first-order valence-electron chi connectivity index (χ1n) is 7.51. The van der Waals surface area contributed by atoms with Gasteiger partial charge in [-0.25, -0.2) is 0 Å². The summed E-state index contributed by atoms with van der Waals surface area (Å²) in [6, 6.07) is 0. The number of carbonyl (C=O) groups is 1. The molecular weight excluding hydrogens is 284 g/mol. The Hall–Kier alpha value is -0.653. The van der Waals surface area contributed by atoms with Gasteiger partial charge in [0.25, 0.3) is 0 Å². The second-order valence-electron chi connectivity index (χ2n) is 7.83. The Morgan fingerprint density at radius 1 is 1.48 bits per heavy atom. The van der Waals surface area contributed by atoms with Gasteiger partial charge in [-0.3, -0.25) is 4.79 Å². The number of aliphatic hydroxyl groups excluding tert-OH is 1. The van der Waals surface area contributed by atoms with Crippen molar-refractivity contribution in [2.75, 3.05) is 13.7 Å². The molecule has 21 heavy (non-hydrogen) atoms. The maximum Gasteiger partial charge on any atom is 0.306 e. The molecule has 0 bridgehead atoms. The fourth-order valence-corrected chi connectivity index (χ4v) is 3.31. The third-order valence-corrected chi connectivity index (χ3v) is 9.46. The highest BCUT2D eigenvalue weighted by molar-refractivity contribution is 6.74. The lowest BCUT2D eigenvalue weighted by Crippen LogP contribution is -2.42. The zero-order chi connectivity index (χ0) is 16.5. The fraction of sp³-hybridized carbons (Fsp3) is 0.812. The number of hydrogen-bond donors (Lipinski definition) is 1. The average molecular weight is 314 g/mol. The number of ether oxygens (including phenoxy) is 1. The first kappa shape index (κ1) is 18.4. The normalized spacial score (nSPS) is 26.7. The van der Waals surface area contributed by atoms with Gasteiger partial charge in [0.2, 0.25) is 0 Å². The summed E-state index contributed by atoms with van der Waals surface area (Å²) >= 11 is 0. The summed E-state index contributed by atoms with van der Waals surface area (Å²) < 4.78 is 11.0. The van der Waals surface area contributed by atoms with Crippen molar-refractivity contribution in [2.24, 2.45) is 5.41 Å². The van der Waals surface area contributed by atoms with Crippen LogP contribution < -0.4 is 0 Å². The molecule has 1 rings (SSSR count). The standard InChI is InChI=1S/C16H30O4Si/c1-15(2,3)21(6,7)20-11-12-8-13(17)9-16(12,4)10-14(18)19-5/h8,13,17H,9-11H2,1-7H3/t13-,16+/m1/s1. The van der Waals surface area contributed by atoms with Crippen LogP contribution in [0.5, 0.6) is 0 Å². The van der Waals surface area contributed by atoms with E-state index in [4.69, 9.17) is 9.16 Å². The molecule has 122 valence electrons. The minimum absolute atomic E-state index is 0.142.